The number of para-hydroxylation sites is 1. The van der Waals surface area contributed by atoms with E-state index < -0.39 is 12.5 Å². The van der Waals surface area contributed by atoms with E-state index in [9.17, 15) is 9.59 Å². The quantitative estimate of drug-likeness (QED) is 0.300. The summed E-state index contributed by atoms with van der Waals surface area (Å²) < 4.78 is 20.1. The lowest BCUT2D eigenvalue weighted by atomic mass is 10.1. The van der Waals surface area contributed by atoms with Gasteiger partial charge < -0.3 is 19.2 Å². The number of pyridine rings is 1. The van der Waals surface area contributed by atoms with E-state index >= 15 is 0 Å². The van der Waals surface area contributed by atoms with Gasteiger partial charge in [-0.05, 0) is 56.5 Å². The highest BCUT2D eigenvalue weighted by atomic mass is 16.5. The highest BCUT2D eigenvalue weighted by molar-refractivity contribution is 5.94. The van der Waals surface area contributed by atoms with E-state index in [0.29, 0.717) is 47.8 Å². The normalized spacial score (nSPS) is 11.6. The fourth-order valence-corrected chi connectivity index (χ4v) is 3.22. The van der Waals surface area contributed by atoms with Crippen LogP contribution in [0, 0.1) is 11.8 Å². The molecule has 2 heterocycles. The van der Waals surface area contributed by atoms with E-state index in [-0.39, 0.29) is 18.9 Å². The summed E-state index contributed by atoms with van der Waals surface area (Å²) in [7, 11) is 0. The number of carbonyl (C=O) groups excluding carboxylic acids is 1. The number of hydrogen-bond donors (Lipinski definition) is 1. The van der Waals surface area contributed by atoms with Crippen molar-refractivity contribution in [3.63, 3.8) is 0 Å². The average Bonchev–Trinajstić information content (AvgIpc) is 3.41. The molecule has 0 saturated heterocycles. The molecule has 1 unspecified atom stereocenters. The van der Waals surface area contributed by atoms with E-state index in [1.807, 2.05) is 6.07 Å². The van der Waals surface area contributed by atoms with Gasteiger partial charge in [0.25, 0.3) is 5.91 Å². The number of benzene rings is 1. The first-order valence-electron chi connectivity index (χ1n) is 11.6. The van der Waals surface area contributed by atoms with Gasteiger partial charge in [0.15, 0.2) is 5.76 Å². The number of amides is 1. The zero-order valence-corrected chi connectivity index (χ0v) is 19.1. The molecule has 1 atom stereocenters. The molecule has 0 radical (unpaired) electrons. The van der Waals surface area contributed by atoms with E-state index in [1.54, 1.807) is 55.7 Å². The summed E-state index contributed by atoms with van der Waals surface area (Å²) in [4.78, 5) is 29.7. The van der Waals surface area contributed by atoms with Gasteiger partial charge in [-0.25, -0.2) is 0 Å². The van der Waals surface area contributed by atoms with E-state index in [0.717, 1.165) is 6.42 Å². The van der Waals surface area contributed by atoms with Crippen LogP contribution in [0.4, 0.5) is 0 Å². The lowest BCUT2D eigenvalue weighted by Gasteiger charge is -2.22. The Morgan fingerprint density at radius 1 is 1.15 bits per heavy atom. The number of carbonyl (C=O) groups is 2. The molecule has 0 aliphatic heterocycles. The number of furan rings is 1. The summed E-state index contributed by atoms with van der Waals surface area (Å²) in [5.74, 6) is 5.62. The van der Waals surface area contributed by atoms with Gasteiger partial charge in [0.2, 0.25) is 0 Å². The summed E-state index contributed by atoms with van der Waals surface area (Å²) in [5.41, 5.74) is 1.49. The molecule has 0 aliphatic rings. The topological polar surface area (TPSA) is 92.9 Å². The average molecular weight is 462 g/mol. The van der Waals surface area contributed by atoms with Gasteiger partial charge in [0, 0.05) is 18.2 Å². The Hall–Kier alpha value is -4.05. The SMILES string of the molecule is [2H]C(c1ccccc1OCCCCCC(=O)O)N(CC#CC)C(=O)c1ccc(-c2ccco2)nc1. The molecule has 1 aromatic carbocycles. The van der Waals surface area contributed by atoms with E-state index in [1.165, 1.54) is 11.1 Å². The first-order valence-corrected chi connectivity index (χ1v) is 11.1. The summed E-state index contributed by atoms with van der Waals surface area (Å²) in [6.07, 6.45) is 5.18. The Bertz CT molecular complexity index is 1170. The van der Waals surface area contributed by atoms with Crippen molar-refractivity contribution < 1.29 is 25.2 Å². The summed E-state index contributed by atoms with van der Waals surface area (Å²) >= 11 is 0. The van der Waals surface area contributed by atoms with E-state index in [4.69, 9.17) is 15.6 Å². The van der Waals surface area contributed by atoms with Crippen molar-refractivity contribution in [3.05, 3.63) is 72.1 Å². The predicted molar refractivity (Wildman–Crippen MR) is 128 cm³/mol. The van der Waals surface area contributed by atoms with Gasteiger partial charge in [-0.1, -0.05) is 24.1 Å². The van der Waals surface area contributed by atoms with Gasteiger partial charge in [-0.15, -0.1) is 5.92 Å². The Balaban J connectivity index is 1.73. The zero-order chi connectivity index (χ0) is 25.0. The largest absolute Gasteiger partial charge is 0.493 e. The van der Waals surface area contributed by atoms with Crippen molar-refractivity contribution in [1.82, 2.24) is 9.88 Å². The highest BCUT2D eigenvalue weighted by Gasteiger charge is 2.18. The van der Waals surface area contributed by atoms with Crippen LogP contribution in [0.1, 0.15) is 49.9 Å². The van der Waals surface area contributed by atoms with Crippen LogP contribution in [0.5, 0.6) is 5.75 Å². The lowest BCUT2D eigenvalue weighted by Crippen LogP contribution is -2.31. The predicted octanol–water partition coefficient (Wildman–Crippen LogP) is 5.03. The molecule has 34 heavy (non-hydrogen) atoms. The Morgan fingerprint density at radius 3 is 2.71 bits per heavy atom. The second-order valence-electron chi connectivity index (χ2n) is 7.49. The second-order valence-corrected chi connectivity index (χ2v) is 7.49. The molecule has 0 fully saturated rings. The molecule has 3 aromatic rings. The minimum atomic E-state index is -1.05. The number of nitrogens with zero attached hydrogens (tertiary/aromatic N) is 2. The summed E-state index contributed by atoms with van der Waals surface area (Å²) in [6, 6.07) is 14.0. The third-order valence-corrected chi connectivity index (χ3v) is 4.98. The fourth-order valence-electron chi connectivity index (χ4n) is 3.22. The summed E-state index contributed by atoms with van der Waals surface area (Å²) in [5, 5.41) is 8.74. The van der Waals surface area contributed by atoms with Crippen molar-refractivity contribution >= 4 is 11.9 Å². The maximum absolute atomic E-state index is 13.3. The lowest BCUT2D eigenvalue weighted by molar-refractivity contribution is -0.137. The molecular formula is C27H28N2O5. The van der Waals surface area contributed by atoms with Crippen molar-refractivity contribution in [2.75, 3.05) is 13.2 Å². The van der Waals surface area contributed by atoms with Gasteiger partial charge in [-0.2, -0.15) is 0 Å². The molecule has 1 N–H and O–H groups in total. The van der Waals surface area contributed by atoms with Crippen molar-refractivity contribution in [3.8, 4) is 29.0 Å². The summed E-state index contributed by atoms with van der Waals surface area (Å²) in [6.45, 7) is 1.11. The molecule has 0 bridgehead atoms. The molecule has 1 amide bonds. The van der Waals surface area contributed by atoms with Crippen LogP contribution < -0.4 is 4.74 Å². The smallest absolute Gasteiger partial charge is 0.303 e. The number of hydrogen-bond acceptors (Lipinski definition) is 5. The minimum Gasteiger partial charge on any atom is -0.493 e. The Labute approximate surface area is 200 Å². The molecule has 0 saturated carbocycles. The van der Waals surface area contributed by atoms with Gasteiger partial charge in [-0.3, -0.25) is 14.6 Å². The molecule has 0 spiro atoms. The number of rotatable bonds is 12. The van der Waals surface area contributed by atoms with Crippen LogP contribution in [0.2, 0.25) is 0 Å². The maximum Gasteiger partial charge on any atom is 0.303 e. The molecule has 7 heteroatoms. The van der Waals surface area contributed by atoms with Crippen LogP contribution in [-0.2, 0) is 11.3 Å². The standard InChI is InChI=1S/C27H28N2O5/c1-2-3-16-29(27(32)21-14-15-23(28-19-21)25-12-9-18-34-25)20-22-10-6-7-11-24(22)33-17-8-4-5-13-26(30)31/h6-7,9-12,14-15,18-19H,4-5,8,13,16-17,20H2,1H3,(H,30,31)/i20D. The van der Waals surface area contributed by atoms with E-state index in [2.05, 4.69) is 16.8 Å². The monoisotopic (exact) mass is 461 g/mol. The Kier molecular flexibility index (Phi) is 8.74. The molecule has 7 nitrogen and oxygen atoms in total. The maximum atomic E-state index is 13.3. The number of aromatic nitrogens is 1. The molecule has 176 valence electrons. The molecular weight excluding hydrogens is 432 g/mol. The molecule has 0 aliphatic carbocycles. The molecule has 3 rings (SSSR count). The van der Waals surface area contributed by atoms with Crippen molar-refractivity contribution in [1.29, 1.82) is 0 Å². The third-order valence-electron chi connectivity index (χ3n) is 4.98. The first kappa shape index (κ1) is 23.1. The minimum absolute atomic E-state index is 0.0763. The zero-order valence-electron chi connectivity index (χ0n) is 20.1. The fraction of sp³-hybridized carbons (Fsp3) is 0.296. The van der Waals surface area contributed by atoms with Crippen LogP contribution in [0.3, 0.4) is 0 Å². The molecule has 2 aromatic heterocycles. The number of ether oxygens (including phenoxy) is 1. The van der Waals surface area contributed by atoms with Crippen LogP contribution >= 0.6 is 0 Å². The first-order chi connectivity index (χ1) is 17.0. The van der Waals surface area contributed by atoms with Crippen molar-refractivity contribution in [2.45, 2.75) is 39.1 Å². The van der Waals surface area contributed by atoms with Gasteiger partial charge in [0.1, 0.15) is 11.4 Å². The number of unbranched alkanes of at least 4 members (excludes halogenated alkanes) is 2. The van der Waals surface area contributed by atoms with Crippen LogP contribution in [-0.4, -0.2) is 40.0 Å². The second kappa shape index (κ2) is 12.9. The number of carboxylic acids is 1. The highest BCUT2D eigenvalue weighted by Crippen LogP contribution is 2.22. The number of carboxylic acid groups (broad SMARTS) is 1. The third kappa shape index (κ3) is 7.24. The van der Waals surface area contributed by atoms with Crippen molar-refractivity contribution in [2.24, 2.45) is 0 Å². The van der Waals surface area contributed by atoms with Crippen LogP contribution in [0.15, 0.2) is 65.4 Å². The van der Waals surface area contributed by atoms with Crippen LogP contribution in [0.25, 0.3) is 11.5 Å². The van der Waals surface area contributed by atoms with Gasteiger partial charge in [0.05, 0.1) is 32.9 Å². The Morgan fingerprint density at radius 2 is 2.00 bits per heavy atom. The number of aliphatic carboxylic acids is 1. The van der Waals surface area contributed by atoms with Gasteiger partial charge >= 0.3 is 5.97 Å².